The minimum absolute atomic E-state index is 0.120. The van der Waals surface area contributed by atoms with Crippen LogP contribution in [0.4, 0.5) is 0 Å². The summed E-state index contributed by atoms with van der Waals surface area (Å²) in [6.45, 7) is 11.2. The summed E-state index contributed by atoms with van der Waals surface area (Å²) in [4.78, 5) is 31.3. The number of hydrogen-bond donors (Lipinski definition) is 3. The lowest BCUT2D eigenvalue weighted by Crippen LogP contribution is -2.27. The predicted molar refractivity (Wildman–Crippen MR) is 370 cm³/mol. The highest BCUT2D eigenvalue weighted by molar-refractivity contribution is 5.95. The van der Waals surface area contributed by atoms with E-state index in [0.29, 0.717) is 33.4 Å². The molecule has 8 atom stereocenters. The number of rotatable bonds is 22. The number of unbranched alkanes of at least 4 members (excludes halogenated alkanes) is 18. The number of phenols is 3. The number of hydrogen-bond acceptors (Lipinski definition) is 9. The van der Waals surface area contributed by atoms with Gasteiger partial charge < -0.3 is 15.3 Å². The van der Waals surface area contributed by atoms with Crippen LogP contribution in [0, 0.1) is 47.4 Å². The molecule has 3 aliphatic carbocycles. The number of phenolic OH excluding ortho intramolecular Hbond substituents is 3. The summed E-state index contributed by atoms with van der Waals surface area (Å²) < 4.78 is 0. The SMILES string of the molecule is CCCCCCCCCCC#Cc1cc2c(O)c(c1)/C=N/C1CCCCC1/N=C/c1cc(C#CC(C)CCCCCCCC)cc(c1O)/C=N/C1CCCCC1/N=C/c1cc(C#CC(C)CCCCCCCC)cc(c1O)/C=N/C1CCCCC1/N=C/2. The second kappa shape index (κ2) is 38.9. The van der Waals surface area contributed by atoms with Gasteiger partial charge in [0.05, 0.1) is 36.3 Å². The molecule has 3 aromatic rings. The Morgan fingerprint density at radius 2 is 0.586 bits per heavy atom. The average molecular weight is 1180 g/mol. The van der Waals surface area contributed by atoms with Crippen LogP contribution in [0.2, 0.25) is 0 Å². The van der Waals surface area contributed by atoms with E-state index in [1.165, 1.54) is 122 Å². The maximum atomic E-state index is 12.1. The van der Waals surface area contributed by atoms with Crippen molar-refractivity contribution in [2.75, 3.05) is 0 Å². The molecule has 1 aliphatic heterocycles. The molecule has 3 aromatic carbocycles. The van der Waals surface area contributed by atoms with Gasteiger partial charge in [-0.25, -0.2) is 0 Å². The molecule has 7 rings (SSSR count). The molecule has 468 valence electrons. The van der Waals surface area contributed by atoms with Crippen molar-refractivity contribution in [1.82, 2.24) is 0 Å². The summed E-state index contributed by atoms with van der Waals surface area (Å²) in [5.74, 6) is 21.8. The van der Waals surface area contributed by atoms with Crippen molar-refractivity contribution in [3.63, 3.8) is 0 Å². The monoisotopic (exact) mass is 1180 g/mol. The topological polar surface area (TPSA) is 135 Å². The van der Waals surface area contributed by atoms with Crippen molar-refractivity contribution in [1.29, 1.82) is 0 Å². The minimum atomic E-state index is -0.123. The number of aromatic hydroxyl groups is 3. The maximum Gasteiger partial charge on any atom is 0.133 e. The molecule has 0 spiro atoms. The molecule has 0 aromatic heterocycles. The third kappa shape index (κ3) is 23.7. The summed E-state index contributed by atoms with van der Waals surface area (Å²) in [6.07, 6.45) is 50.3. The Kier molecular flexibility index (Phi) is 30.5. The van der Waals surface area contributed by atoms with Crippen molar-refractivity contribution in [3.8, 4) is 52.8 Å². The molecule has 8 unspecified atom stereocenters. The van der Waals surface area contributed by atoms with Crippen molar-refractivity contribution < 1.29 is 15.3 Å². The molecule has 4 aliphatic rings. The van der Waals surface area contributed by atoms with Crippen molar-refractivity contribution in [2.45, 2.75) is 296 Å². The van der Waals surface area contributed by atoms with Crippen LogP contribution in [-0.4, -0.2) is 88.9 Å². The van der Waals surface area contributed by atoms with E-state index in [2.05, 4.69) is 70.1 Å². The smallest absolute Gasteiger partial charge is 0.133 e. The second-order valence-corrected chi connectivity index (χ2v) is 25.9. The molecule has 87 heavy (non-hydrogen) atoms. The lowest BCUT2D eigenvalue weighted by atomic mass is 9.91. The van der Waals surface area contributed by atoms with E-state index in [1.807, 2.05) is 73.7 Å². The summed E-state index contributed by atoms with van der Waals surface area (Å²) in [6, 6.07) is 11.0. The van der Waals surface area contributed by atoms with Gasteiger partial charge in [-0.1, -0.05) is 231 Å². The van der Waals surface area contributed by atoms with Crippen LogP contribution in [-0.2, 0) is 0 Å². The molecule has 3 fully saturated rings. The number of benzene rings is 3. The van der Waals surface area contributed by atoms with Crippen LogP contribution in [0.1, 0.15) is 309 Å². The van der Waals surface area contributed by atoms with Gasteiger partial charge in [0.15, 0.2) is 0 Å². The van der Waals surface area contributed by atoms with Gasteiger partial charge in [0.1, 0.15) is 17.2 Å². The van der Waals surface area contributed by atoms with Crippen molar-refractivity contribution in [3.05, 3.63) is 86.5 Å². The van der Waals surface area contributed by atoms with Gasteiger partial charge in [-0.3, -0.25) is 30.0 Å². The highest BCUT2D eigenvalue weighted by atomic mass is 16.3. The van der Waals surface area contributed by atoms with E-state index >= 15 is 0 Å². The molecule has 0 saturated heterocycles. The summed E-state index contributed by atoms with van der Waals surface area (Å²) in [5, 5.41) is 36.4. The standard InChI is InChI=1S/C78H108N6O3/c1-6-9-12-15-18-19-20-21-24-27-36-61-47-64-53-79-70-37-28-30-39-72(70)81-55-66-49-62(45-43-59(4)34-25-22-16-13-10-7-2)51-68(77(66)86)57-83-74-41-32-33-42-75(74)84-58-69-52-63(46-44-60(5)35-26-23-17-14-11-8-3)50-67(78(69)87)56-82-73-40-31-29-38-71(73)80-54-65(48-61)76(64)85/h47-60,70-75,85-87H,6-26,28-35,37-42H2,1-5H3/b79-53+,80-54+,81-55+,82-56+,83-57+,84-58+. The number of aliphatic imine (C=N–C) groups is 6. The summed E-state index contributed by atoms with van der Waals surface area (Å²) >= 11 is 0. The third-order valence-corrected chi connectivity index (χ3v) is 18.3. The van der Waals surface area contributed by atoms with Crippen molar-refractivity contribution >= 4 is 37.3 Å². The first-order valence-electron chi connectivity index (χ1n) is 34.9. The second-order valence-electron chi connectivity index (χ2n) is 25.9. The van der Waals surface area contributed by atoms with E-state index in [-0.39, 0.29) is 65.3 Å². The predicted octanol–water partition coefficient (Wildman–Crippen LogP) is 19.0. The van der Waals surface area contributed by atoms with Crippen LogP contribution < -0.4 is 0 Å². The van der Waals surface area contributed by atoms with Gasteiger partial charge in [-0.15, -0.1) is 0 Å². The van der Waals surface area contributed by atoms with Gasteiger partial charge >= 0.3 is 0 Å². The van der Waals surface area contributed by atoms with Crippen LogP contribution in [0.25, 0.3) is 0 Å². The molecule has 1 heterocycles. The van der Waals surface area contributed by atoms with Gasteiger partial charge in [-0.05, 0) is 94.2 Å². The fraction of sp³-hybridized carbons (Fsp3) is 0.615. The largest absolute Gasteiger partial charge is 0.507 e. The first kappa shape index (κ1) is 68.3. The van der Waals surface area contributed by atoms with Crippen LogP contribution >= 0.6 is 0 Å². The normalized spacial score (nSPS) is 23.1. The Bertz CT molecular complexity index is 2790. The highest BCUT2D eigenvalue weighted by Crippen LogP contribution is 2.32. The lowest BCUT2D eigenvalue weighted by Gasteiger charge is -2.26. The van der Waals surface area contributed by atoms with Gasteiger partial charge in [-0.2, -0.15) is 0 Å². The van der Waals surface area contributed by atoms with Gasteiger partial charge in [0.2, 0.25) is 0 Å². The maximum absolute atomic E-state index is 12.1. The first-order chi connectivity index (χ1) is 42.6. The molecule has 9 nitrogen and oxygen atoms in total. The first-order valence-corrected chi connectivity index (χ1v) is 34.9. The third-order valence-electron chi connectivity index (χ3n) is 18.3. The summed E-state index contributed by atoms with van der Waals surface area (Å²) in [5.41, 5.74) is 6.07. The molecule has 3 N–H and O–H groups in total. The average Bonchev–Trinajstić information content (AvgIpc) is 3.65. The molecule has 3 saturated carbocycles. The Labute approximate surface area is 526 Å². The fourth-order valence-corrected chi connectivity index (χ4v) is 12.8. The van der Waals surface area contributed by atoms with Gasteiger partial charge in [0.25, 0.3) is 0 Å². The molecular formula is C78H108N6O3. The molecule has 0 radical (unpaired) electrons. The Morgan fingerprint density at radius 1 is 0.345 bits per heavy atom. The van der Waals surface area contributed by atoms with Gasteiger partial charge in [0, 0.05) is 106 Å². The van der Waals surface area contributed by atoms with Crippen LogP contribution in [0.3, 0.4) is 0 Å². The zero-order chi connectivity index (χ0) is 61.3. The summed E-state index contributed by atoms with van der Waals surface area (Å²) in [7, 11) is 0. The van der Waals surface area contributed by atoms with E-state index in [0.717, 1.165) is 119 Å². The minimum Gasteiger partial charge on any atom is -0.507 e. The van der Waals surface area contributed by atoms with Crippen LogP contribution in [0.15, 0.2) is 66.4 Å². The molecule has 9 heteroatoms. The van der Waals surface area contributed by atoms with E-state index in [4.69, 9.17) is 30.0 Å². The zero-order valence-corrected chi connectivity index (χ0v) is 54.3. The Morgan fingerprint density at radius 3 is 0.862 bits per heavy atom. The quantitative estimate of drug-likeness (QED) is 0.0683. The van der Waals surface area contributed by atoms with Crippen LogP contribution in [0.5, 0.6) is 17.2 Å². The van der Waals surface area contributed by atoms with E-state index in [1.54, 1.807) is 0 Å². The lowest BCUT2D eigenvalue weighted by molar-refractivity contribution is 0.389. The molecule has 0 amide bonds. The Balaban J connectivity index is 1.28. The molecule has 6 bridgehead atoms. The fourth-order valence-electron chi connectivity index (χ4n) is 12.8. The highest BCUT2D eigenvalue weighted by Gasteiger charge is 2.27. The van der Waals surface area contributed by atoms with Crippen molar-refractivity contribution in [2.24, 2.45) is 41.8 Å². The van der Waals surface area contributed by atoms with E-state index < -0.39 is 0 Å². The number of nitrogens with zero attached hydrogens (tertiary/aromatic N) is 6. The number of fused-ring (bicyclic) bond motifs is 9. The van der Waals surface area contributed by atoms with E-state index in [9.17, 15) is 15.3 Å². The Hall–Kier alpha value is -6.24. The molecular weight excluding hydrogens is 1070 g/mol. The zero-order valence-electron chi connectivity index (χ0n) is 54.3.